The van der Waals surface area contributed by atoms with Crippen LogP contribution in [0.2, 0.25) is 5.02 Å². The van der Waals surface area contributed by atoms with Gasteiger partial charge in [-0.3, -0.25) is 9.69 Å². The molecule has 0 aromatic heterocycles. The molecule has 0 saturated carbocycles. The number of amides is 1. The summed E-state index contributed by atoms with van der Waals surface area (Å²) in [6, 6.07) is 7.67. The molecule has 0 radical (unpaired) electrons. The number of alkyl halides is 3. The van der Waals surface area contributed by atoms with Gasteiger partial charge in [-0.15, -0.1) is 0 Å². The molecule has 0 bridgehead atoms. The molecule has 2 aromatic carbocycles. The minimum atomic E-state index is -4.63. The smallest absolute Gasteiger partial charge is 0.418 e. The number of benzene rings is 2. The van der Waals surface area contributed by atoms with Crippen molar-refractivity contribution in [3.8, 4) is 5.75 Å². The molecule has 1 amide bonds. The number of carbonyl (C=O) groups is 1. The van der Waals surface area contributed by atoms with Gasteiger partial charge < -0.3 is 20.1 Å². The standard InChI is InChI=1S/C31H39ClF3N3O3/c1-5-20(4)24-17-23(18-26(31(33,34)35)28(24)38(7-3)22(6-2)19-39)41-15-14-37-12-10-30(11-13-37)25-16-21(32)8-9-27(25)36-29(30)40/h7-9,16-18,20,22,39H,3,5-6,10-15,19H2,1-2,4H3,(H,36,40)/t20-,22?/m1/s1. The van der Waals surface area contributed by atoms with E-state index in [1.54, 1.807) is 12.1 Å². The zero-order valence-corrected chi connectivity index (χ0v) is 24.6. The van der Waals surface area contributed by atoms with E-state index in [4.69, 9.17) is 16.3 Å². The number of rotatable bonds is 11. The van der Waals surface area contributed by atoms with Crippen molar-refractivity contribution in [3.63, 3.8) is 0 Å². The molecular formula is C31H39ClF3N3O3. The molecule has 2 aromatic rings. The van der Waals surface area contributed by atoms with Gasteiger partial charge in [-0.25, -0.2) is 0 Å². The number of likely N-dealkylation sites (tertiary alicyclic amines) is 1. The lowest BCUT2D eigenvalue weighted by Gasteiger charge is -2.38. The van der Waals surface area contributed by atoms with Gasteiger partial charge in [-0.05, 0) is 92.3 Å². The summed E-state index contributed by atoms with van der Waals surface area (Å²) in [5.41, 5.74) is 0.851. The molecule has 4 rings (SSSR count). The summed E-state index contributed by atoms with van der Waals surface area (Å²) in [5, 5.41) is 13.4. The molecule has 41 heavy (non-hydrogen) atoms. The van der Waals surface area contributed by atoms with Crippen molar-refractivity contribution in [1.82, 2.24) is 4.90 Å². The molecule has 1 unspecified atom stereocenters. The van der Waals surface area contributed by atoms with Crippen molar-refractivity contribution in [2.24, 2.45) is 0 Å². The predicted molar refractivity (Wildman–Crippen MR) is 157 cm³/mol. The van der Waals surface area contributed by atoms with Crippen LogP contribution in [0.1, 0.15) is 69.1 Å². The summed E-state index contributed by atoms with van der Waals surface area (Å²) in [6.07, 6.45) is -0.937. The Morgan fingerprint density at radius 1 is 1.22 bits per heavy atom. The number of fused-ring (bicyclic) bond motifs is 2. The summed E-state index contributed by atoms with van der Waals surface area (Å²) in [7, 11) is 0. The molecule has 1 saturated heterocycles. The summed E-state index contributed by atoms with van der Waals surface area (Å²) in [4.78, 5) is 16.5. The van der Waals surface area contributed by atoms with E-state index in [-0.39, 0.29) is 36.5 Å². The van der Waals surface area contributed by atoms with Crippen molar-refractivity contribution in [1.29, 1.82) is 0 Å². The van der Waals surface area contributed by atoms with Crippen LogP contribution in [0.15, 0.2) is 43.1 Å². The van der Waals surface area contributed by atoms with Gasteiger partial charge in [0.1, 0.15) is 12.4 Å². The SMILES string of the molecule is C=CN(c1c([C@H](C)CC)cc(OCCN2CCC3(CC2)C(=O)Nc2ccc(Cl)cc23)cc1C(F)(F)F)C(CC)CO. The van der Waals surface area contributed by atoms with Crippen molar-refractivity contribution in [2.75, 3.05) is 43.1 Å². The zero-order valence-electron chi connectivity index (χ0n) is 23.9. The van der Waals surface area contributed by atoms with E-state index in [1.807, 2.05) is 32.9 Å². The lowest BCUT2D eigenvalue weighted by molar-refractivity contribution is -0.137. The van der Waals surface area contributed by atoms with Gasteiger partial charge in [0.25, 0.3) is 0 Å². The van der Waals surface area contributed by atoms with E-state index in [9.17, 15) is 23.1 Å². The molecular weight excluding hydrogens is 555 g/mol. The van der Waals surface area contributed by atoms with Crippen molar-refractivity contribution in [3.05, 3.63) is 64.8 Å². The fourth-order valence-electron chi connectivity index (χ4n) is 5.98. The second-order valence-electron chi connectivity index (χ2n) is 11.0. The largest absolute Gasteiger partial charge is 0.492 e. The van der Waals surface area contributed by atoms with Gasteiger partial charge in [0, 0.05) is 17.3 Å². The van der Waals surface area contributed by atoms with E-state index in [2.05, 4.69) is 16.8 Å². The number of halogens is 4. The van der Waals surface area contributed by atoms with Crippen LogP contribution in [-0.2, 0) is 16.4 Å². The highest BCUT2D eigenvalue weighted by molar-refractivity contribution is 6.31. The van der Waals surface area contributed by atoms with Crippen molar-refractivity contribution < 1.29 is 27.8 Å². The number of piperidine rings is 1. The highest BCUT2D eigenvalue weighted by Crippen LogP contribution is 2.47. The number of nitrogens with zero attached hydrogens (tertiary/aromatic N) is 2. The highest BCUT2D eigenvalue weighted by Gasteiger charge is 2.48. The Hall–Kier alpha value is -2.75. The quantitative estimate of drug-likeness (QED) is 0.295. The Labute approximate surface area is 245 Å². The summed E-state index contributed by atoms with van der Waals surface area (Å²) in [5.74, 6) is -0.0340. The predicted octanol–water partition coefficient (Wildman–Crippen LogP) is 6.96. The maximum atomic E-state index is 14.4. The van der Waals surface area contributed by atoms with Crippen LogP contribution in [0.3, 0.4) is 0 Å². The number of carbonyl (C=O) groups excluding carboxylic acids is 1. The second kappa shape index (κ2) is 12.6. The van der Waals surface area contributed by atoms with Gasteiger partial charge in [-0.1, -0.05) is 39.0 Å². The monoisotopic (exact) mass is 593 g/mol. The number of hydrogen-bond donors (Lipinski definition) is 2. The van der Waals surface area contributed by atoms with Gasteiger partial charge >= 0.3 is 6.18 Å². The zero-order chi connectivity index (χ0) is 29.9. The third-order valence-electron chi connectivity index (χ3n) is 8.66. The van der Waals surface area contributed by atoms with Crippen LogP contribution >= 0.6 is 11.6 Å². The third kappa shape index (κ3) is 6.22. The first-order valence-corrected chi connectivity index (χ1v) is 14.6. The van der Waals surface area contributed by atoms with Crippen LogP contribution in [0, 0.1) is 0 Å². The molecule has 1 fully saturated rings. The maximum Gasteiger partial charge on any atom is 0.418 e. The lowest BCUT2D eigenvalue weighted by atomic mass is 9.73. The van der Waals surface area contributed by atoms with Crippen LogP contribution in [0.5, 0.6) is 5.75 Å². The number of ether oxygens (including phenoxy) is 1. The minimum Gasteiger partial charge on any atom is -0.492 e. The number of anilines is 2. The third-order valence-corrected chi connectivity index (χ3v) is 8.89. The fourth-order valence-corrected chi connectivity index (χ4v) is 6.15. The molecule has 2 aliphatic rings. The van der Waals surface area contributed by atoms with Crippen molar-refractivity contribution >= 4 is 28.9 Å². The van der Waals surface area contributed by atoms with Gasteiger partial charge in [0.05, 0.1) is 29.3 Å². The second-order valence-corrected chi connectivity index (χ2v) is 11.4. The topological polar surface area (TPSA) is 65.0 Å². The molecule has 0 aliphatic carbocycles. The molecule has 2 N–H and O–H groups in total. The molecule has 2 aliphatic heterocycles. The molecule has 10 heteroatoms. The average molecular weight is 594 g/mol. The number of hydrogen-bond acceptors (Lipinski definition) is 5. The highest BCUT2D eigenvalue weighted by atomic mass is 35.5. The molecule has 6 nitrogen and oxygen atoms in total. The van der Waals surface area contributed by atoms with E-state index in [0.717, 1.165) is 17.3 Å². The fraction of sp³-hybridized carbons (Fsp3) is 0.516. The number of aliphatic hydroxyl groups is 1. The van der Waals surface area contributed by atoms with E-state index in [0.29, 0.717) is 55.9 Å². The van der Waals surface area contributed by atoms with Crippen molar-refractivity contribution in [2.45, 2.75) is 70.0 Å². The van der Waals surface area contributed by atoms with E-state index < -0.39 is 23.2 Å². The Morgan fingerprint density at radius 3 is 2.51 bits per heavy atom. The minimum absolute atomic E-state index is 0.0110. The van der Waals surface area contributed by atoms with Crippen LogP contribution in [0.25, 0.3) is 0 Å². The van der Waals surface area contributed by atoms with E-state index in [1.165, 1.54) is 11.1 Å². The Morgan fingerprint density at radius 2 is 1.93 bits per heavy atom. The molecule has 1 spiro atoms. The summed E-state index contributed by atoms with van der Waals surface area (Å²) in [6.45, 7) is 11.1. The average Bonchev–Trinajstić information content (AvgIpc) is 3.21. The van der Waals surface area contributed by atoms with Gasteiger partial charge in [0.2, 0.25) is 5.91 Å². The first kappa shape index (κ1) is 31.2. The first-order chi connectivity index (χ1) is 19.5. The van der Waals surface area contributed by atoms with Gasteiger partial charge in [0.15, 0.2) is 0 Å². The Bertz CT molecular complexity index is 1260. The Kier molecular flexibility index (Phi) is 9.61. The van der Waals surface area contributed by atoms with Crippen LogP contribution in [-0.4, -0.2) is 54.8 Å². The molecule has 224 valence electrons. The maximum absolute atomic E-state index is 14.4. The van der Waals surface area contributed by atoms with Gasteiger partial charge in [-0.2, -0.15) is 13.2 Å². The van der Waals surface area contributed by atoms with E-state index >= 15 is 0 Å². The number of aliphatic hydroxyl groups excluding tert-OH is 1. The summed E-state index contributed by atoms with van der Waals surface area (Å²) < 4.78 is 49.2. The number of nitrogens with one attached hydrogen (secondary N) is 1. The van der Waals surface area contributed by atoms with Crippen LogP contribution < -0.4 is 15.0 Å². The molecule has 2 heterocycles. The normalized spacial score (nSPS) is 18.1. The Balaban J connectivity index is 1.51. The first-order valence-electron chi connectivity index (χ1n) is 14.2. The van der Waals surface area contributed by atoms with Crippen LogP contribution in [0.4, 0.5) is 24.5 Å². The molecule has 2 atom stereocenters. The lowest BCUT2D eigenvalue weighted by Crippen LogP contribution is -2.47. The summed E-state index contributed by atoms with van der Waals surface area (Å²) >= 11 is 6.22.